The molecule has 0 aliphatic heterocycles. The summed E-state index contributed by atoms with van der Waals surface area (Å²) in [6, 6.07) is 15.1. The number of aryl methyl sites for hydroxylation is 1. The second kappa shape index (κ2) is 8.23. The Labute approximate surface area is 157 Å². The van der Waals surface area contributed by atoms with Crippen molar-refractivity contribution in [3.8, 4) is 0 Å². The predicted molar refractivity (Wildman–Crippen MR) is 105 cm³/mol. The maximum Gasteiger partial charge on any atom is 0.326 e. The molecule has 0 aliphatic carbocycles. The monoisotopic (exact) mass is 371 g/mol. The van der Waals surface area contributed by atoms with Crippen molar-refractivity contribution in [3.05, 3.63) is 69.6 Å². The minimum absolute atomic E-state index is 0.0197. The number of nitrogens with one attached hydrogen (secondary N) is 2. The van der Waals surface area contributed by atoms with Crippen LogP contribution in [0, 0.1) is 5.92 Å². The van der Waals surface area contributed by atoms with E-state index in [0.29, 0.717) is 31.0 Å². The maximum atomic E-state index is 12.2. The first-order chi connectivity index (χ1) is 12.5. The second-order valence-corrected chi connectivity index (χ2v) is 6.91. The molecule has 0 saturated carbocycles. The highest BCUT2D eigenvalue weighted by Crippen LogP contribution is 2.13. The summed E-state index contributed by atoms with van der Waals surface area (Å²) in [5.41, 5.74) is 2.69. The van der Waals surface area contributed by atoms with E-state index in [1.54, 1.807) is 4.57 Å². The molecule has 0 spiro atoms. The van der Waals surface area contributed by atoms with Crippen molar-refractivity contribution in [1.82, 2.24) is 14.9 Å². The Morgan fingerprint density at radius 3 is 2.69 bits per heavy atom. The van der Waals surface area contributed by atoms with Crippen LogP contribution in [0.2, 0.25) is 5.02 Å². The lowest BCUT2D eigenvalue weighted by Crippen LogP contribution is -2.32. The highest BCUT2D eigenvalue weighted by molar-refractivity contribution is 6.30. The number of aromatic nitrogens is 2. The third kappa shape index (κ3) is 4.35. The number of rotatable bonds is 7. The number of H-pyrrole nitrogens is 1. The van der Waals surface area contributed by atoms with E-state index in [1.165, 1.54) is 0 Å². The molecule has 3 rings (SSSR count). The van der Waals surface area contributed by atoms with E-state index in [4.69, 9.17) is 11.6 Å². The van der Waals surface area contributed by atoms with E-state index < -0.39 is 0 Å². The summed E-state index contributed by atoms with van der Waals surface area (Å²) in [6.07, 6.45) is 1.37. The van der Waals surface area contributed by atoms with Gasteiger partial charge in [-0.25, -0.2) is 4.79 Å². The number of nitrogens with zero attached hydrogens (tertiary/aromatic N) is 1. The van der Waals surface area contributed by atoms with Gasteiger partial charge in [0.05, 0.1) is 11.0 Å². The van der Waals surface area contributed by atoms with Crippen LogP contribution in [0.15, 0.2) is 53.3 Å². The van der Waals surface area contributed by atoms with Crippen molar-refractivity contribution in [2.45, 2.75) is 26.3 Å². The SMILES string of the molecule is CC(Cc1ccc(Cl)cc1)C(=O)NCCCn1c(=O)[nH]c2ccccc21. The molecule has 136 valence electrons. The summed E-state index contributed by atoms with van der Waals surface area (Å²) in [6.45, 7) is 3.01. The van der Waals surface area contributed by atoms with Gasteiger partial charge in [-0.2, -0.15) is 0 Å². The smallest absolute Gasteiger partial charge is 0.326 e. The number of carbonyl (C=O) groups excluding carboxylic acids is 1. The second-order valence-electron chi connectivity index (χ2n) is 6.48. The number of amides is 1. The molecule has 0 aliphatic rings. The number of fused-ring (bicyclic) bond motifs is 1. The Bertz CT molecular complexity index is 944. The van der Waals surface area contributed by atoms with Gasteiger partial charge >= 0.3 is 5.69 Å². The first kappa shape index (κ1) is 18.3. The van der Waals surface area contributed by atoms with Gasteiger partial charge in [0.1, 0.15) is 0 Å². The largest absolute Gasteiger partial charge is 0.356 e. The molecule has 6 heteroatoms. The van der Waals surface area contributed by atoms with Gasteiger partial charge in [-0.15, -0.1) is 0 Å². The van der Waals surface area contributed by atoms with E-state index in [-0.39, 0.29) is 17.5 Å². The highest BCUT2D eigenvalue weighted by atomic mass is 35.5. The molecule has 1 aromatic heterocycles. The van der Waals surface area contributed by atoms with Crippen molar-refractivity contribution >= 4 is 28.5 Å². The van der Waals surface area contributed by atoms with E-state index in [0.717, 1.165) is 16.6 Å². The molecule has 26 heavy (non-hydrogen) atoms. The average Bonchev–Trinajstić information content (AvgIpc) is 2.95. The standard InChI is InChI=1S/C20H22ClN3O2/c1-14(13-15-7-9-16(21)10-8-15)19(25)22-11-4-12-24-18-6-3-2-5-17(18)23-20(24)26/h2-3,5-10,14H,4,11-13H2,1H3,(H,22,25)(H,23,26). The predicted octanol–water partition coefficient (Wildman–Crippen LogP) is 3.37. The van der Waals surface area contributed by atoms with Crippen molar-refractivity contribution < 1.29 is 4.79 Å². The molecule has 2 N–H and O–H groups in total. The minimum Gasteiger partial charge on any atom is -0.356 e. The van der Waals surface area contributed by atoms with Crippen LogP contribution < -0.4 is 11.0 Å². The molecule has 2 aromatic carbocycles. The fraction of sp³-hybridized carbons (Fsp3) is 0.300. The number of hydrogen-bond donors (Lipinski definition) is 2. The zero-order chi connectivity index (χ0) is 18.5. The number of carbonyl (C=O) groups is 1. The van der Waals surface area contributed by atoms with Gasteiger partial charge in [0, 0.05) is 24.0 Å². The van der Waals surface area contributed by atoms with E-state index in [1.807, 2.05) is 55.5 Å². The molecule has 1 amide bonds. The fourth-order valence-electron chi connectivity index (χ4n) is 3.02. The van der Waals surface area contributed by atoms with E-state index >= 15 is 0 Å². The Balaban J connectivity index is 1.48. The zero-order valence-corrected chi connectivity index (χ0v) is 15.4. The maximum absolute atomic E-state index is 12.2. The number of hydrogen-bond acceptors (Lipinski definition) is 2. The van der Waals surface area contributed by atoms with Crippen LogP contribution in [0.1, 0.15) is 18.9 Å². The van der Waals surface area contributed by atoms with Gasteiger partial charge in [-0.05, 0) is 42.7 Å². The Kier molecular flexibility index (Phi) is 5.78. The zero-order valence-electron chi connectivity index (χ0n) is 14.7. The number of benzene rings is 2. The molecule has 1 atom stereocenters. The molecule has 3 aromatic rings. The molecular formula is C20H22ClN3O2. The summed E-state index contributed by atoms with van der Waals surface area (Å²) in [5.74, 6) is -0.0989. The summed E-state index contributed by atoms with van der Waals surface area (Å²) in [4.78, 5) is 27.1. The Morgan fingerprint density at radius 1 is 1.19 bits per heavy atom. The normalized spacial score (nSPS) is 12.2. The summed E-state index contributed by atoms with van der Waals surface area (Å²) in [5, 5.41) is 3.65. The van der Waals surface area contributed by atoms with Crippen LogP contribution in [-0.4, -0.2) is 22.0 Å². The van der Waals surface area contributed by atoms with Crippen LogP contribution in [0.25, 0.3) is 11.0 Å². The van der Waals surface area contributed by atoms with Crippen molar-refractivity contribution in [1.29, 1.82) is 0 Å². The third-order valence-corrected chi connectivity index (χ3v) is 4.69. The van der Waals surface area contributed by atoms with E-state index in [9.17, 15) is 9.59 Å². The summed E-state index contributed by atoms with van der Waals surface area (Å²) < 4.78 is 1.71. The van der Waals surface area contributed by atoms with Gasteiger partial charge in [-0.3, -0.25) is 9.36 Å². The number of imidazole rings is 1. The van der Waals surface area contributed by atoms with Gasteiger partial charge in [-0.1, -0.05) is 42.8 Å². The first-order valence-electron chi connectivity index (χ1n) is 8.74. The molecule has 0 radical (unpaired) electrons. The van der Waals surface area contributed by atoms with Gasteiger partial charge in [0.15, 0.2) is 0 Å². The fourth-order valence-corrected chi connectivity index (χ4v) is 3.14. The van der Waals surface area contributed by atoms with Crippen molar-refractivity contribution in [3.63, 3.8) is 0 Å². The Hall–Kier alpha value is -2.53. The lowest BCUT2D eigenvalue weighted by atomic mass is 10.0. The molecule has 0 fully saturated rings. The van der Waals surface area contributed by atoms with Crippen LogP contribution in [0.3, 0.4) is 0 Å². The average molecular weight is 372 g/mol. The number of aromatic amines is 1. The molecule has 0 bridgehead atoms. The number of halogens is 1. The summed E-state index contributed by atoms with van der Waals surface area (Å²) >= 11 is 5.88. The molecule has 5 nitrogen and oxygen atoms in total. The third-order valence-electron chi connectivity index (χ3n) is 4.44. The van der Waals surface area contributed by atoms with Crippen molar-refractivity contribution in [2.75, 3.05) is 6.54 Å². The molecular weight excluding hydrogens is 350 g/mol. The lowest BCUT2D eigenvalue weighted by molar-refractivity contribution is -0.124. The molecule has 1 unspecified atom stereocenters. The van der Waals surface area contributed by atoms with Crippen LogP contribution >= 0.6 is 11.6 Å². The number of para-hydroxylation sites is 2. The highest BCUT2D eigenvalue weighted by Gasteiger charge is 2.13. The van der Waals surface area contributed by atoms with Gasteiger partial charge in [0.2, 0.25) is 5.91 Å². The minimum atomic E-state index is -0.119. The molecule has 0 saturated heterocycles. The topological polar surface area (TPSA) is 66.9 Å². The van der Waals surface area contributed by atoms with Crippen LogP contribution in [0.4, 0.5) is 0 Å². The quantitative estimate of drug-likeness (QED) is 0.625. The van der Waals surface area contributed by atoms with Gasteiger partial charge < -0.3 is 10.3 Å². The lowest BCUT2D eigenvalue weighted by Gasteiger charge is -2.12. The van der Waals surface area contributed by atoms with Crippen LogP contribution in [-0.2, 0) is 17.8 Å². The molecule has 1 heterocycles. The van der Waals surface area contributed by atoms with E-state index in [2.05, 4.69) is 10.3 Å². The Morgan fingerprint density at radius 2 is 1.92 bits per heavy atom. The van der Waals surface area contributed by atoms with Gasteiger partial charge in [0.25, 0.3) is 0 Å². The summed E-state index contributed by atoms with van der Waals surface area (Å²) in [7, 11) is 0. The first-order valence-corrected chi connectivity index (χ1v) is 9.12. The van der Waals surface area contributed by atoms with Crippen LogP contribution in [0.5, 0.6) is 0 Å². The van der Waals surface area contributed by atoms with Crippen molar-refractivity contribution in [2.24, 2.45) is 5.92 Å².